The Hall–Kier alpha value is -0.860. The van der Waals surface area contributed by atoms with E-state index in [-0.39, 0.29) is 0 Å². The normalized spacial score (nSPS) is 9.08. The van der Waals surface area contributed by atoms with Gasteiger partial charge in [0.05, 0.1) is 8.79 Å². The molecule has 1 amide bonds. The van der Waals surface area contributed by atoms with Gasteiger partial charge in [-0.1, -0.05) is 0 Å². The summed E-state index contributed by atoms with van der Waals surface area (Å²) in [5, 5.41) is 9.08. The molecule has 62 valence electrons. The first-order valence-electron chi connectivity index (χ1n) is 3.08. The molecule has 0 saturated carbocycles. The van der Waals surface area contributed by atoms with Crippen LogP contribution < -0.4 is 4.90 Å². The van der Waals surface area contributed by atoms with E-state index in [1.165, 1.54) is 16.2 Å². The molecule has 0 spiro atoms. The monoisotopic (exact) mass is 244 g/mol. The predicted octanol–water partition coefficient (Wildman–Crippen LogP) is 2.00. The lowest BCUT2D eigenvalue weighted by Crippen LogP contribution is -2.23. The molecule has 3 nitrogen and oxygen atoms in total. The summed E-state index contributed by atoms with van der Waals surface area (Å²) in [4.78, 5) is 12.2. The van der Waals surface area contributed by atoms with E-state index in [2.05, 4.69) is 15.9 Å². The van der Waals surface area contributed by atoms with E-state index in [0.29, 0.717) is 0 Å². The van der Waals surface area contributed by atoms with Crippen molar-refractivity contribution in [2.75, 3.05) is 11.9 Å². The van der Waals surface area contributed by atoms with Gasteiger partial charge in [-0.25, -0.2) is 0 Å². The number of carbonyl (C=O) groups is 1. The van der Waals surface area contributed by atoms with Gasteiger partial charge in [-0.15, -0.1) is 11.3 Å². The van der Waals surface area contributed by atoms with E-state index in [0.717, 1.165) is 8.79 Å². The first kappa shape index (κ1) is 9.23. The van der Waals surface area contributed by atoms with Crippen LogP contribution in [0.3, 0.4) is 0 Å². The molecule has 0 aliphatic carbocycles. The van der Waals surface area contributed by atoms with Crippen LogP contribution in [0.5, 0.6) is 0 Å². The zero-order valence-electron chi connectivity index (χ0n) is 6.24. The molecule has 0 N–H and O–H groups in total. The van der Waals surface area contributed by atoms with Crippen LogP contribution in [0.4, 0.5) is 5.00 Å². The second-order valence-electron chi connectivity index (χ2n) is 2.05. The molecular formula is C7H5BrN2OS. The quantitative estimate of drug-likeness (QED) is 0.710. The van der Waals surface area contributed by atoms with Crippen molar-refractivity contribution in [1.82, 2.24) is 0 Å². The third-order valence-corrected chi connectivity index (χ3v) is 2.99. The van der Waals surface area contributed by atoms with E-state index in [4.69, 9.17) is 5.26 Å². The van der Waals surface area contributed by atoms with Gasteiger partial charge in [0.1, 0.15) is 0 Å². The molecule has 1 aromatic heterocycles. The van der Waals surface area contributed by atoms with Gasteiger partial charge < -0.3 is 0 Å². The smallest absolute Gasteiger partial charge is 0.294 e. The molecule has 1 heterocycles. The van der Waals surface area contributed by atoms with Crippen molar-refractivity contribution in [3.8, 4) is 6.07 Å². The van der Waals surface area contributed by atoms with E-state index >= 15 is 0 Å². The maximum Gasteiger partial charge on any atom is 0.329 e. The van der Waals surface area contributed by atoms with E-state index in [9.17, 15) is 4.79 Å². The molecule has 0 unspecified atom stereocenters. The van der Waals surface area contributed by atoms with Crippen LogP contribution in [0.15, 0.2) is 15.9 Å². The first-order valence-corrected chi connectivity index (χ1v) is 4.69. The zero-order valence-corrected chi connectivity index (χ0v) is 8.65. The Morgan fingerprint density at radius 1 is 1.75 bits per heavy atom. The van der Waals surface area contributed by atoms with Crippen molar-refractivity contribution in [3.05, 3.63) is 15.9 Å². The van der Waals surface area contributed by atoms with Gasteiger partial charge in [-0.3, -0.25) is 9.69 Å². The first-order chi connectivity index (χ1) is 5.65. The molecular weight excluding hydrogens is 240 g/mol. The van der Waals surface area contributed by atoms with Gasteiger partial charge >= 0.3 is 5.91 Å². The van der Waals surface area contributed by atoms with Crippen molar-refractivity contribution in [3.63, 3.8) is 0 Å². The number of hydrogen-bond acceptors (Lipinski definition) is 3. The number of halogens is 1. The van der Waals surface area contributed by atoms with Gasteiger partial charge in [0.2, 0.25) is 0 Å². The molecule has 1 aromatic rings. The topological polar surface area (TPSA) is 44.1 Å². The fourth-order valence-electron chi connectivity index (χ4n) is 0.660. The molecule has 0 atom stereocenters. The van der Waals surface area contributed by atoms with Crippen LogP contribution in [0.2, 0.25) is 0 Å². The minimum atomic E-state index is -0.552. The van der Waals surface area contributed by atoms with Gasteiger partial charge in [0, 0.05) is 7.05 Å². The Balaban J connectivity index is 2.86. The van der Waals surface area contributed by atoms with Crippen molar-refractivity contribution < 1.29 is 4.79 Å². The number of anilines is 1. The Labute approximate surface area is 82.3 Å². The largest absolute Gasteiger partial charge is 0.329 e. The summed E-state index contributed by atoms with van der Waals surface area (Å²) in [6.07, 6.45) is 0. The van der Waals surface area contributed by atoms with Crippen LogP contribution >= 0.6 is 27.3 Å². The summed E-state index contributed by atoms with van der Waals surface area (Å²) < 4.78 is 0.940. The summed E-state index contributed by atoms with van der Waals surface area (Å²) in [7, 11) is 1.57. The van der Waals surface area contributed by atoms with E-state index < -0.39 is 5.91 Å². The molecule has 0 radical (unpaired) electrons. The standard InChI is InChI=1S/C7H5BrN2OS/c1-10(6(11)4-9)7-3-2-5(8)12-7/h2-3H,1H3. The number of amides is 1. The third-order valence-electron chi connectivity index (χ3n) is 1.29. The maximum atomic E-state index is 10.9. The van der Waals surface area contributed by atoms with Crippen molar-refractivity contribution in [1.29, 1.82) is 5.26 Å². The molecule has 0 saturated heterocycles. The molecule has 1 rings (SSSR count). The molecule has 12 heavy (non-hydrogen) atoms. The van der Waals surface area contributed by atoms with E-state index in [1.54, 1.807) is 19.2 Å². The molecule has 5 heteroatoms. The number of nitriles is 1. The summed E-state index contributed by atoms with van der Waals surface area (Å²) in [6, 6.07) is 5.17. The lowest BCUT2D eigenvalue weighted by molar-refractivity contribution is -0.113. The molecule has 0 aliphatic rings. The minimum absolute atomic E-state index is 0.552. The van der Waals surface area contributed by atoms with Crippen LogP contribution in [0.25, 0.3) is 0 Å². The SMILES string of the molecule is CN(C(=O)C#N)c1ccc(Br)s1. The average Bonchev–Trinajstić information content (AvgIpc) is 2.49. The molecule has 0 aromatic carbocycles. The number of nitrogens with zero attached hydrogens (tertiary/aromatic N) is 2. The van der Waals surface area contributed by atoms with Gasteiger partial charge in [0.15, 0.2) is 6.07 Å². The van der Waals surface area contributed by atoms with Crippen molar-refractivity contribution in [2.45, 2.75) is 0 Å². The summed E-state index contributed by atoms with van der Waals surface area (Å²) in [6.45, 7) is 0. The van der Waals surface area contributed by atoms with Crippen LogP contribution in [-0.4, -0.2) is 13.0 Å². The van der Waals surface area contributed by atoms with Crippen LogP contribution in [-0.2, 0) is 4.79 Å². The second-order valence-corrected chi connectivity index (χ2v) is 4.50. The minimum Gasteiger partial charge on any atom is -0.294 e. The van der Waals surface area contributed by atoms with Gasteiger partial charge in [0.25, 0.3) is 0 Å². The highest BCUT2D eigenvalue weighted by molar-refractivity contribution is 9.11. The lowest BCUT2D eigenvalue weighted by atomic mass is 10.5. The van der Waals surface area contributed by atoms with E-state index in [1.807, 2.05) is 6.07 Å². The summed E-state index contributed by atoms with van der Waals surface area (Å²) in [5.74, 6) is -0.552. The number of thiophene rings is 1. The maximum absolute atomic E-state index is 10.9. The van der Waals surface area contributed by atoms with Crippen molar-refractivity contribution >= 4 is 38.2 Å². The summed E-state index contributed by atoms with van der Waals surface area (Å²) >= 11 is 4.68. The fourth-order valence-corrected chi connectivity index (χ4v) is 1.98. The number of hydrogen-bond donors (Lipinski definition) is 0. The Morgan fingerprint density at radius 3 is 2.83 bits per heavy atom. The lowest BCUT2D eigenvalue weighted by Gasteiger charge is -2.08. The van der Waals surface area contributed by atoms with Crippen molar-refractivity contribution in [2.24, 2.45) is 0 Å². The molecule has 0 fully saturated rings. The number of carbonyl (C=O) groups excluding carboxylic acids is 1. The average molecular weight is 245 g/mol. The van der Waals surface area contributed by atoms with Gasteiger partial charge in [-0.05, 0) is 28.1 Å². The Bertz CT molecular complexity index is 341. The Kier molecular flexibility index (Phi) is 2.84. The van der Waals surface area contributed by atoms with Crippen LogP contribution in [0, 0.1) is 11.3 Å². The highest BCUT2D eigenvalue weighted by atomic mass is 79.9. The highest BCUT2D eigenvalue weighted by Crippen LogP contribution is 2.28. The molecule has 0 bridgehead atoms. The van der Waals surface area contributed by atoms with Gasteiger partial charge in [-0.2, -0.15) is 5.26 Å². The molecule has 0 aliphatic heterocycles. The Morgan fingerprint density at radius 2 is 2.42 bits per heavy atom. The van der Waals surface area contributed by atoms with Crippen LogP contribution in [0.1, 0.15) is 0 Å². The summed E-state index contributed by atoms with van der Waals surface area (Å²) in [5.41, 5.74) is 0. The zero-order chi connectivity index (χ0) is 9.14. The third kappa shape index (κ3) is 1.84. The fraction of sp³-hybridized carbons (Fsp3) is 0.143. The highest BCUT2D eigenvalue weighted by Gasteiger charge is 2.10. The second kappa shape index (κ2) is 3.70. The predicted molar refractivity (Wildman–Crippen MR) is 51.0 cm³/mol. The number of rotatable bonds is 1.